The van der Waals surface area contributed by atoms with Crippen LogP contribution in [0.25, 0.3) is 11.4 Å². The van der Waals surface area contributed by atoms with Crippen molar-refractivity contribution in [3.05, 3.63) is 90.1 Å². The van der Waals surface area contributed by atoms with Gasteiger partial charge in [-0.2, -0.15) is 0 Å². The van der Waals surface area contributed by atoms with Crippen LogP contribution in [0, 0.1) is 5.82 Å². The Balaban J connectivity index is 1.47. The second-order valence-corrected chi connectivity index (χ2v) is 7.89. The molecule has 0 N–H and O–H groups in total. The highest BCUT2D eigenvalue weighted by molar-refractivity contribution is 7.99. The number of benzene rings is 2. The third kappa shape index (κ3) is 5.03. The first-order valence-corrected chi connectivity index (χ1v) is 10.7. The minimum absolute atomic E-state index is 0.0549. The van der Waals surface area contributed by atoms with Crippen LogP contribution >= 0.6 is 11.8 Å². The topological polar surface area (TPSA) is 64.2 Å². The summed E-state index contributed by atoms with van der Waals surface area (Å²) in [5.74, 6) is 0.898. The van der Waals surface area contributed by atoms with Crippen molar-refractivity contribution in [3.8, 4) is 11.4 Å². The number of amides is 1. The van der Waals surface area contributed by atoms with E-state index in [2.05, 4.69) is 10.2 Å². The van der Waals surface area contributed by atoms with E-state index in [0.29, 0.717) is 29.6 Å². The molecule has 31 heavy (non-hydrogen) atoms. The molecule has 2 aromatic carbocycles. The van der Waals surface area contributed by atoms with Crippen molar-refractivity contribution < 1.29 is 13.6 Å². The number of halogens is 1. The molecule has 158 valence electrons. The molecule has 0 spiro atoms. The molecule has 0 radical (unpaired) electrons. The maximum atomic E-state index is 14.1. The van der Waals surface area contributed by atoms with Crippen molar-refractivity contribution in [2.24, 2.45) is 7.05 Å². The van der Waals surface area contributed by atoms with Crippen LogP contribution in [-0.4, -0.2) is 31.3 Å². The van der Waals surface area contributed by atoms with Gasteiger partial charge in [-0.3, -0.25) is 4.79 Å². The normalized spacial score (nSPS) is 10.9. The van der Waals surface area contributed by atoms with Gasteiger partial charge in [0.05, 0.1) is 24.1 Å². The summed E-state index contributed by atoms with van der Waals surface area (Å²) in [4.78, 5) is 14.8. The minimum Gasteiger partial charge on any atom is -0.467 e. The average molecular weight is 437 g/mol. The van der Waals surface area contributed by atoms with E-state index in [4.69, 9.17) is 4.42 Å². The lowest BCUT2D eigenvalue weighted by molar-refractivity contribution is -0.129. The average Bonchev–Trinajstić information content (AvgIpc) is 3.42. The van der Waals surface area contributed by atoms with Gasteiger partial charge in [0.15, 0.2) is 11.0 Å². The zero-order chi connectivity index (χ0) is 21.6. The first-order chi connectivity index (χ1) is 15.1. The highest BCUT2D eigenvalue weighted by Gasteiger charge is 2.19. The second kappa shape index (κ2) is 9.61. The molecule has 4 rings (SSSR count). The Labute approximate surface area is 183 Å². The monoisotopic (exact) mass is 436 g/mol. The van der Waals surface area contributed by atoms with Gasteiger partial charge >= 0.3 is 0 Å². The van der Waals surface area contributed by atoms with E-state index in [-0.39, 0.29) is 17.5 Å². The molecule has 2 aromatic heterocycles. The maximum Gasteiger partial charge on any atom is 0.233 e. The van der Waals surface area contributed by atoms with Gasteiger partial charge in [0.1, 0.15) is 11.6 Å². The summed E-state index contributed by atoms with van der Waals surface area (Å²) in [6, 6.07) is 19.9. The lowest BCUT2D eigenvalue weighted by atomic mass is 10.2. The number of nitrogens with zero attached hydrogens (tertiary/aromatic N) is 4. The van der Waals surface area contributed by atoms with Crippen LogP contribution in [0.5, 0.6) is 0 Å². The summed E-state index contributed by atoms with van der Waals surface area (Å²) in [5, 5.41) is 8.80. The summed E-state index contributed by atoms with van der Waals surface area (Å²) in [6.07, 6.45) is 1.60. The number of rotatable bonds is 8. The van der Waals surface area contributed by atoms with E-state index < -0.39 is 0 Å². The molecule has 0 fully saturated rings. The van der Waals surface area contributed by atoms with Gasteiger partial charge in [0.2, 0.25) is 5.91 Å². The van der Waals surface area contributed by atoms with Gasteiger partial charge in [0.25, 0.3) is 0 Å². The van der Waals surface area contributed by atoms with E-state index in [0.717, 1.165) is 11.3 Å². The molecule has 0 aliphatic rings. The van der Waals surface area contributed by atoms with Gasteiger partial charge < -0.3 is 13.9 Å². The third-order valence-electron chi connectivity index (χ3n) is 4.77. The SMILES string of the molecule is Cn1c(SCC(=O)N(Cc2ccccc2)Cc2ccco2)nnc1-c1ccccc1F. The lowest BCUT2D eigenvalue weighted by Gasteiger charge is -2.21. The van der Waals surface area contributed by atoms with Crippen molar-refractivity contribution >= 4 is 17.7 Å². The van der Waals surface area contributed by atoms with Crippen LogP contribution < -0.4 is 0 Å². The Morgan fingerprint density at radius 3 is 2.55 bits per heavy atom. The summed E-state index contributed by atoms with van der Waals surface area (Å²) in [5.41, 5.74) is 1.41. The van der Waals surface area contributed by atoms with Crippen LogP contribution in [0.15, 0.2) is 82.6 Å². The van der Waals surface area contributed by atoms with Crippen molar-refractivity contribution in [1.29, 1.82) is 0 Å². The van der Waals surface area contributed by atoms with E-state index in [9.17, 15) is 9.18 Å². The molecule has 8 heteroatoms. The predicted octanol–water partition coefficient (Wildman–Crippen LogP) is 4.54. The Morgan fingerprint density at radius 2 is 1.81 bits per heavy atom. The molecule has 6 nitrogen and oxygen atoms in total. The van der Waals surface area contributed by atoms with Crippen LogP contribution in [0.3, 0.4) is 0 Å². The first kappa shape index (κ1) is 20.9. The highest BCUT2D eigenvalue weighted by Crippen LogP contribution is 2.25. The lowest BCUT2D eigenvalue weighted by Crippen LogP contribution is -2.31. The largest absolute Gasteiger partial charge is 0.467 e. The van der Waals surface area contributed by atoms with E-state index >= 15 is 0 Å². The quantitative estimate of drug-likeness (QED) is 0.380. The molecule has 0 saturated carbocycles. The predicted molar refractivity (Wildman–Crippen MR) is 117 cm³/mol. The van der Waals surface area contributed by atoms with E-state index in [1.807, 2.05) is 36.4 Å². The molecule has 0 unspecified atom stereocenters. The van der Waals surface area contributed by atoms with Crippen LogP contribution in [0.4, 0.5) is 4.39 Å². The fraction of sp³-hybridized carbons (Fsp3) is 0.174. The van der Waals surface area contributed by atoms with E-state index in [1.54, 1.807) is 47.0 Å². The summed E-state index contributed by atoms with van der Waals surface area (Å²) in [6.45, 7) is 0.848. The maximum absolute atomic E-state index is 14.1. The van der Waals surface area contributed by atoms with Gasteiger partial charge in [-0.1, -0.05) is 54.2 Å². The molecule has 0 saturated heterocycles. The number of hydrogen-bond donors (Lipinski definition) is 0. The van der Waals surface area contributed by atoms with Gasteiger partial charge in [-0.15, -0.1) is 10.2 Å². The molecule has 0 aliphatic carbocycles. The summed E-state index contributed by atoms with van der Waals surface area (Å²) >= 11 is 1.27. The fourth-order valence-electron chi connectivity index (χ4n) is 3.16. The highest BCUT2D eigenvalue weighted by atomic mass is 32.2. The number of thioether (sulfide) groups is 1. The molecule has 4 aromatic rings. The zero-order valence-corrected chi connectivity index (χ0v) is 17.8. The molecule has 0 atom stereocenters. The van der Waals surface area contributed by atoms with Crippen LogP contribution in [0.1, 0.15) is 11.3 Å². The molecule has 0 bridgehead atoms. The van der Waals surface area contributed by atoms with Gasteiger partial charge in [-0.05, 0) is 29.8 Å². The zero-order valence-electron chi connectivity index (χ0n) is 16.9. The standard InChI is InChI=1S/C23H21FN4O2S/c1-27-22(19-11-5-6-12-20(19)24)25-26-23(27)31-16-21(29)28(15-18-10-7-13-30-18)14-17-8-3-2-4-9-17/h2-13H,14-16H2,1H3. The Hall–Kier alpha value is -3.39. The van der Waals surface area contributed by atoms with Crippen molar-refractivity contribution in [3.63, 3.8) is 0 Å². The molecular weight excluding hydrogens is 415 g/mol. The van der Waals surface area contributed by atoms with E-state index in [1.165, 1.54) is 17.8 Å². The van der Waals surface area contributed by atoms with Gasteiger partial charge in [-0.25, -0.2) is 4.39 Å². The summed E-state index contributed by atoms with van der Waals surface area (Å²) < 4.78 is 21.2. The smallest absolute Gasteiger partial charge is 0.233 e. The van der Waals surface area contributed by atoms with Crippen molar-refractivity contribution in [2.45, 2.75) is 18.2 Å². The molecule has 1 amide bonds. The first-order valence-electron chi connectivity index (χ1n) is 9.73. The number of carbonyl (C=O) groups is 1. The Kier molecular flexibility index (Phi) is 6.47. The van der Waals surface area contributed by atoms with Gasteiger partial charge in [0, 0.05) is 13.6 Å². The Morgan fingerprint density at radius 1 is 1.03 bits per heavy atom. The van der Waals surface area contributed by atoms with Crippen LogP contribution in [-0.2, 0) is 24.9 Å². The molecule has 2 heterocycles. The summed E-state index contributed by atoms with van der Waals surface area (Å²) in [7, 11) is 1.76. The van der Waals surface area contributed by atoms with Crippen LogP contribution in [0.2, 0.25) is 0 Å². The van der Waals surface area contributed by atoms with Crippen molar-refractivity contribution in [1.82, 2.24) is 19.7 Å². The second-order valence-electron chi connectivity index (χ2n) is 6.95. The number of furan rings is 1. The molecule has 0 aliphatic heterocycles. The number of carbonyl (C=O) groups excluding carboxylic acids is 1. The Bertz CT molecular complexity index is 1150. The third-order valence-corrected chi connectivity index (χ3v) is 5.78. The number of aromatic nitrogens is 3. The number of hydrogen-bond acceptors (Lipinski definition) is 5. The minimum atomic E-state index is -0.363. The fourth-order valence-corrected chi connectivity index (χ4v) is 3.98. The molecular formula is C23H21FN4O2S. The van der Waals surface area contributed by atoms with Crippen molar-refractivity contribution in [2.75, 3.05) is 5.75 Å².